The first-order valence-corrected chi connectivity index (χ1v) is 17.5. The van der Waals surface area contributed by atoms with Crippen LogP contribution in [0, 0.1) is 0 Å². The second-order valence-electron chi connectivity index (χ2n) is 10.2. The van der Waals surface area contributed by atoms with E-state index in [9.17, 15) is 34.8 Å². The predicted molar refractivity (Wildman–Crippen MR) is 173 cm³/mol. The maximum Gasteiger partial charge on any atom is 0.471 e. The summed E-state index contributed by atoms with van der Waals surface area (Å²) >= 11 is 0. The summed E-state index contributed by atoms with van der Waals surface area (Å²) < 4.78 is 121. The third kappa shape index (κ3) is 9.26. The molecule has 0 saturated carbocycles. The van der Waals surface area contributed by atoms with Crippen molar-refractivity contribution in [2.75, 3.05) is 39.2 Å². The van der Waals surface area contributed by atoms with Crippen molar-refractivity contribution in [1.82, 2.24) is 0 Å². The van der Waals surface area contributed by atoms with Gasteiger partial charge in [-0.2, -0.15) is 30.0 Å². The van der Waals surface area contributed by atoms with Crippen LogP contribution in [0.2, 0.25) is 0 Å². The molecule has 49 heavy (non-hydrogen) atoms. The fourth-order valence-corrected chi connectivity index (χ4v) is 5.52. The number of carbonyl (C=O) groups excluding carboxylic acids is 1. The molecule has 4 aromatic carbocycles. The molecule has 0 unspecified atom stereocenters. The van der Waals surface area contributed by atoms with Crippen molar-refractivity contribution in [3.05, 3.63) is 78.4 Å². The lowest BCUT2D eigenvalue weighted by Crippen LogP contribution is -2.30. The van der Waals surface area contributed by atoms with Crippen molar-refractivity contribution in [3.63, 3.8) is 0 Å². The van der Waals surface area contributed by atoms with E-state index in [2.05, 4.69) is 0 Å². The Morgan fingerprint density at radius 1 is 0.694 bits per heavy atom. The molecule has 12 nitrogen and oxygen atoms in total. The molecular formula is C32H30F3NO11S2. The lowest BCUT2D eigenvalue weighted by molar-refractivity contribution is -0.167. The molecule has 0 radical (unpaired) electrons. The number of amides is 1. The van der Waals surface area contributed by atoms with Gasteiger partial charge in [0.05, 0.1) is 45.1 Å². The van der Waals surface area contributed by atoms with E-state index in [-0.39, 0.29) is 69.0 Å². The van der Waals surface area contributed by atoms with E-state index in [1.807, 2.05) is 6.07 Å². The average Bonchev–Trinajstić information content (AvgIpc) is 3.02. The first-order chi connectivity index (χ1) is 22.9. The Kier molecular flexibility index (Phi) is 10.9. The first-order valence-electron chi connectivity index (χ1n) is 13.9. The van der Waals surface area contributed by atoms with Gasteiger partial charge in [-0.15, -0.1) is 0 Å². The molecule has 0 aromatic heterocycles. The van der Waals surface area contributed by atoms with Crippen LogP contribution in [-0.4, -0.2) is 62.8 Å². The van der Waals surface area contributed by atoms with Gasteiger partial charge in [0.1, 0.15) is 18.1 Å². The van der Waals surface area contributed by atoms with Gasteiger partial charge < -0.3 is 32.6 Å². The largest absolute Gasteiger partial charge is 0.496 e. The van der Waals surface area contributed by atoms with Crippen LogP contribution < -0.4 is 32.6 Å². The van der Waals surface area contributed by atoms with Crippen molar-refractivity contribution in [2.24, 2.45) is 0 Å². The molecule has 0 heterocycles. The number of hydrogen-bond donors (Lipinski definition) is 1. The van der Waals surface area contributed by atoms with Gasteiger partial charge in [-0.25, -0.2) is 0 Å². The molecule has 0 aliphatic heterocycles. The molecule has 4 aromatic rings. The highest BCUT2D eigenvalue weighted by molar-refractivity contribution is 7.86. The van der Waals surface area contributed by atoms with Crippen molar-refractivity contribution in [3.8, 4) is 56.8 Å². The normalized spacial score (nSPS) is 11.8. The minimum atomic E-state index is -5.16. The SMILES string of the molecule is COc1cc(-c2cc(OC)c(-c3ccc(OCc4ccccc4)c(OS(C)(=O)=O)c3)c(OS(C)(=O)=O)c2OC)ccc1NC(=O)C(F)(F)F. The number of ether oxygens (including phenoxy) is 4. The molecular weight excluding hydrogens is 695 g/mol. The zero-order valence-corrected chi connectivity index (χ0v) is 28.2. The smallest absolute Gasteiger partial charge is 0.471 e. The Labute approximate surface area is 280 Å². The third-order valence-corrected chi connectivity index (χ3v) is 7.54. The standard InChI is InChI=1S/C32H30F3NO11S2/c1-42-25-15-20(11-13-23(25)36-31(37)32(33,34)35)22-17-27(43-2)28(30(29(22)44-3)47-49(5,40)41)21-12-14-24(26(16-21)46-48(4,38)39)45-18-19-9-7-6-8-10-19/h6-17H,18H2,1-5H3,(H,36,37). The predicted octanol–water partition coefficient (Wildman–Crippen LogP) is 5.80. The Balaban J connectivity index is 1.92. The molecule has 4 rings (SSSR count). The van der Waals surface area contributed by atoms with Gasteiger partial charge in [-0.3, -0.25) is 4.79 Å². The zero-order chi connectivity index (χ0) is 36.1. The van der Waals surface area contributed by atoms with E-state index in [1.54, 1.807) is 29.6 Å². The van der Waals surface area contributed by atoms with Crippen molar-refractivity contribution < 1.29 is 62.1 Å². The number of nitrogens with one attached hydrogen (secondary N) is 1. The molecule has 262 valence electrons. The van der Waals surface area contributed by atoms with Crippen molar-refractivity contribution >= 4 is 31.8 Å². The molecule has 1 N–H and O–H groups in total. The Bertz CT molecular complexity index is 2070. The quantitative estimate of drug-likeness (QED) is 0.166. The van der Waals surface area contributed by atoms with E-state index < -0.39 is 32.3 Å². The van der Waals surface area contributed by atoms with E-state index >= 15 is 0 Å². The van der Waals surface area contributed by atoms with Crippen LogP contribution in [-0.2, 0) is 31.6 Å². The van der Waals surface area contributed by atoms with Gasteiger partial charge >= 0.3 is 32.3 Å². The average molecular weight is 726 g/mol. The minimum Gasteiger partial charge on any atom is -0.496 e. The number of benzene rings is 4. The van der Waals surface area contributed by atoms with Gasteiger partial charge in [0.25, 0.3) is 0 Å². The summed E-state index contributed by atoms with van der Waals surface area (Å²) in [5.74, 6) is -3.10. The molecule has 0 bridgehead atoms. The topological polar surface area (TPSA) is 153 Å². The summed E-state index contributed by atoms with van der Waals surface area (Å²) in [6.07, 6.45) is -3.53. The Hall–Kier alpha value is -5.16. The molecule has 0 atom stereocenters. The summed E-state index contributed by atoms with van der Waals surface area (Å²) in [5, 5.41) is 1.73. The molecule has 0 fully saturated rings. The molecule has 17 heteroatoms. The molecule has 0 saturated heterocycles. The van der Waals surface area contributed by atoms with Gasteiger partial charge in [-0.1, -0.05) is 42.5 Å². The second kappa shape index (κ2) is 14.5. The maximum absolute atomic E-state index is 12.9. The number of anilines is 1. The fraction of sp³-hybridized carbons (Fsp3) is 0.219. The molecule has 1 amide bonds. The number of halogens is 3. The van der Waals surface area contributed by atoms with E-state index in [4.69, 9.17) is 27.3 Å². The summed E-state index contributed by atoms with van der Waals surface area (Å²) in [4.78, 5) is 11.6. The van der Waals surface area contributed by atoms with Crippen LogP contribution in [0.15, 0.2) is 72.8 Å². The number of hydrogen-bond acceptors (Lipinski definition) is 11. The number of rotatable bonds is 13. The highest BCUT2D eigenvalue weighted by Crippen LogP contribution is 2.52. The lowest BCUT2D eigenvalue weighted by Gasteiger charge is -2.22. The maximum atomic E-state index is 12.9. The van der Waals surface area contributed by atoms with Gasteiger partial charge in [0.15, 0.2) is 23.0 Å². The van der Waals surface area contributed by atoms with E-state index in [1.165, 1.54) is 57.7 Å². The van der Waals surface area contributed by atoms with E-state index in [0.29, 0.717) is 0 Å². The molecule has 0 aliphatic rings. The fourth-order valence-electron chi connectivity index (χ4n) is 4.60. The van der Waals surface area contributed by atoms with Gasteiger partial charge in [-0.05, 0) is 47.0 Å². The number of alkyl halides is 3. The summed E-state index contributed by atoms with van der Waals surface area (Å²) in [7, 11) is -4.67. The molecule has 0 spiro atoms. The monoisotopic (exact) mass is 725 g/mol. The van der Waals surface area contributed by atoms with Crippen LogP contribution in [0.25, 0.3) is 22.3 Å². The zero-order valence-electron chi connectivity index (χ0n) is 26.6. The second-order valence-corrected chi connectivity index (χ2v) is 13.4. The summed E-state index contributed by atoms with van der Waals surface area (Å²) in [6.45, 7) is 0.0662. The highest BCUT2D eigenvalue weighted by Gasteiger charge is 2.39. The number of methoxy groups -OCH3 is 3. The first kappa shape index (κ1) is 36.7. The van der Waals surface area contributed by atoms with Crippen LogP contribution in [0.3, 0.4) is 0 Å². The summed E-state index contributed by atoms with van der Waals surface area (Å²) in [6, 6.07) is 18.4. The third-order valence-electron chi connectivity index (χ3n) is 6.59. The molecule has 0 aliphatic carbocycles. The Morgan fingerprint density at radius 3 is 1.88 bits per heavy atom. The van der Waals surface area contributed by atoms with Crippen LogP contribution in [0.5, 0.6) is 34.5 Å². The van der Waals surface area contributed by atoms with Gasteiger partial charge in [0, 0.05) is 5.56 Å². The number of carbonyl (C=O) groups is 1. The minimum absolute atomic E-state index is 0.00233. The van der Waals surface area contributed by atoms with Crippen molar-refractivity contribution in [1.29, 1.82) is 0 Å². The van der Waals surface area contributed by atoms with Crippen LogP contribution in [0.1, 0.15) is 5.56 Å². The van der Waals surface area contributed by atoms with Crippen LogP contribution >= 0.6 is 0 Å². The lowest BCUT2D eigenvalue weighted by atomic mass is 9.96. The highest BCUT2D eigenvalue weighted by atomic mass is 32.2. The van der Waals surface area contributed by atoms with E-state index in [0.717, 1.165) is 24.1 Å². The van der Waals surface area contributed by atoms with Crippen molar-refractivity contribution in [2.45, 2.75) is 12.8 Å². The van der Waals surface area contributed by atoms with Crippen LogP contribution in [0.4, 0.5) is 18.9 Å². The Morgan fingerprint density at radius 2 is 1.31 bits per heavy atom. The summed E-state index contributed by atoms with van der Waals surface area (Å²) in [5.41, 5.74) is 1.03. The van der Waals surface area contributed by atoms with Gasteiger partial charge in [0.2, 0.25) is 0 Å².